The first kappa shape index (κ1) is 8.81. The molecule has 10 heavy (non-hydrogen) atoms. The minimum absolute atomic E-state index is 0.0324. The van der Waals surface area contributed by atoms with Crippen LogP contribution in [-0.4, -0.2) is 12.6 Å². The molecule has 0 unspecified atom stereocenters. The Morgan fingerprint density at radius 3 is 2.20 bits per heavy atom. The fourth-order valence-electron chi connectivity index (χ4n) is 0.386. The van der Waals surface area contributed by atoms with E-state index in [-0.39, 0.29) is 5.57 Å². The molecule has 0 aliphatic carbocycles. The van der Waals surface area contributed by atoms with Crippen molar-refractivity contribution in [1.82, 2.24) is 0 Å². The number of hydrogen-bond acceptors (Lipinski definition) is 2. The minimum atomic E-state index is -2.71. The molecule has 0 aromatic heterocycles. The predicted molar refractivity (Wildman–Crippen MR) is 36.2 cm³/mol. The Balaban J connectivity index is 4.58. The first-order valence-electron chi connectivity index (χ1n) is 2.54. The van der Waals surface area contributed by atoms with Crippen LogP contribution in [0.3, 0.4) is 0 Å². The molecule has 0 saturated heterocycles. The van der Waals surface area contributed by atoms with E-state index in [0.29, 0.717) is 0 Å². The highest BCUT2D eigenvalue weighted by molar-refractivity contribution is 5.80. The summed E-state index contributed by atoms with van der Waals surface area (Å²) in [6.45, 7) is 3.21. The molecular formula is C6H8F2N2. The van der Waals surface area contributed by atoms with E-state index in [1.807, 2.05) is 0 Å². The van der Waals surface area contributed by atoms with Crippen molar-refractivity contribution in [1.29, 1.82) is 5.41 Å². The Morgan fingerprint density at radius 1 is 1.60 bits per heavy atom. The summed E-state index contributed by atoms with van der Waals surface area (Å²) in [7, 11) is 0. The van der Waals surface area contributed by atoms with Gasteiger partial charge in [0.1, 0.15) is 0 Å². The van der Waals surface area contributed by atoms with E-state index >= 15 is 0 Å². The van der Waals surface area contributed by atoms with Gasteiger partial charge < -0.3 is 11.1 Å². The second kappa shape index (κ2) is 3.76. The summed E-state index contributed by atoms with van der Waals surface area (Å²) in [5, 5.41) is 6.62. The van der Waals surface area contributed by atoms with Gasteiger partial charge >= 0.3 is 0 Å². The molecule has 0 aliphatic rings. The normalized spacial score (nSPS) is 12.7. The maximum Gasteiger partial charge on any atom is 0.278 e. The van der Waals surface area contributed by atoms with Crippen LogP contribution in [0.2, 0.25) is 0 Å². The van der Waals surface area contributed by atoms with Gasteiger partial charge in [-0.3, -0.25) is 0 Å². The molecule has 0 spiro atoms. The van der Waals surface area contributed by atoms with Crippen LogP contribution in [0.1, 0.15) is 0 Å². The van der Waals surface area contributed by atoms with Crippen molar-refractivity contribution in [2.75, 3.05) is 0 Å². The molecular weight excluding hydrogens is 138 g/mol. The zero-order valence-electron chi connectivity index (χ0n) is 5.27. The Labute approximate surface area is 57.5 Å². The third kappa shape index (κ3) is 1.97. The van der Waals surface area contributed by atoms with E-state index in [2.05, 4.69) is 6.58 Å². The second-order valence-electron chi connectivity index (χ2n) is 1.56. The van der Waals surface area contributed by atoms with Crippen LogP contribution in [0, 0.1) is 5.41 Å². The van der Waals surface area contributed by atoms with E-state index in [1.165, 1.54) is 0 Å². The van der Waals surface area contributed by atoms with Gasteiger partial charge in [0.25, 0.3) is 6.43 Å². The van der Waals surface area contributed by atoms with Crippen molar-refractivity contribution in [3.05, 3.63) is 23.9 Å². The lowest BCUT2D eigenvalue weighted by Crippen LogP contribution is -2.10. The van der Waals surface area contributed by atoms with Crippen molar-refractivity contribution in [3.63, 3.8) is 0 Å². The van der Waals surface area contributed by atoms with Gasteiger partial charge in [0.05, 0.1) is 5.70 Å². The van der Waals surface area contributed by atoms with Gasteiger partial charge in [-0.2, -0.15) is 0 Å². The number of hydrogen-bond donors (Lipinski definition) is 2. The van der Waals surface area contributed by atoms with E-state index in [4.69, 9.17) is 11.1 Å². The molecule has 4 heteroatoms. The molecule has 2 nitrogen and oxygen atoms in total. The largest absolute Gasteiger partial charge is 0.397 e. The lowest BCUT2D eigenvalue weighted by atomic mass is 10.2. The molecule has 56 valence electrons. The third-order valence-corrected chi connectivity index (χ3v) is 0.944. The second-order valence-corrected chi connectivity index (χ2v) is 1.56. The highest BCUT2D eigenvalue weighted by Crippen LogP contribution is 2.06. The molecule has 0 bridgehead atoms. The van der Waals surface area contributed by atoms with Gasteiger partial charge in [-0.1, -0.05) is 12.7 Å². The summed E-state index contributed by atoms with van der Waals surface area (Å²) in [4.78, 5) is 0. The molecule has 0 atom stereocenters. The van der Waals surface area contributed by atoms with Crippen LogP contribution in [0.25, 0.3) is 0 Å². The lowest BCUT2D eigenvalue weighted by molar-refractivity contribution is 0.187. The van der Waals surface area contributed by atoms with Crippen molar-refractivity contribution in [2.24, 2.45) is 5.73 Å². The summed E-state index contributed by atoms with van der Waals surface area (Å²) in [6.07, 6.45) is -0.849. The molecule has 0 aromatic carbocycles. The van der Waals surface area contributed by atoms with E-state index in [9.17, 15) is 8.78 Å². The quantitative estimate of drug-likeness (QED) is 0.457. The number of rotatable bonds is 3. The topological polar surface area (TPSA) is 49.9 Å². The number of allylic oxidation sites excluding steroid dienone is 3. The number of alkyl halides is 2. The Hall–Kier alpha value is -1.19. The summed E-state index contributed by atoms with van der Waals surface area (Å²) >= 11 is 0. The monoisotopic (exact) mass is 146 g/mol. The fraction of sp³-hybridized carbons (Fsp3) is 0.167. The van der Waals surface area contributed by atoms with E-state index in [1.54, 1.807) is 0 Å². The molecule has 0 aromatic rings. The molecule has 0 fully saturated rings. The van der Waals surface area contributed by atoms with Crippen molar-refractivity contribution >= 4 is 6.21 Å². The SMILES string of the molecule is C=CC(C=N)=C(N)C(F)F. The van der Waals surface area contributed by atoms with Crippen LogP contribution >= 0.6 is 0 Å². The fourth-order valence-corrected chi connectivity index (χ4v) is 0.386. The van der Waals surface area contributed by atoms with Crippen molar-refractivity contribution in [3.8, 4) is 0 Å². The Kier molecular flexibility index (Phi) is 3.32. The zero-order valence-corrected chi connectivity index (χ0v) is 5.27. The summed E-state index contributed by atoms with van der Waals surface area (Å²) in [5.41, 5.74) is 4.25. The standard InChI is InChI=1S/C6H8F2N2/c1-2-4(3-9)5(10)6(7)8/h2-3,6,9H,1,10H2. The molecule has 0 radical (unpaired) electrons. The number of nitrogens with one attached hydrogen (secondary N) is 1. The zero-order chi connectivity index (χ0) is 8.15. The average Bonchev–Trinajstić information content (AvgIpc) is 1.90. The number of halogens is 2. The highest BCUT2D eigenvalue weighted by Gasteiger charge is 2.08. The highest BCUT2D eigenvalue weighted by atomic mass is 19.3. The third-order valence-electron chi connectivity index (χ3n) is 0.944. The first-order valence-corrected chi connectivity index (χ1v) is 2.54. The molecule has 3 N–H and O–H groups in total. The van der Waals surface area contributed by atoms with Crippen LogP contribution in [0.5, 0.6) is 0 Å². The number of nitrogens with two attached hydrogens (primary N) is 1. The van der Waals surface area contributed by atoms with Gasteiger partial charge in [-0.15, -0.1) is 0 Å². The summed E-state index contributed by atoms with van der Waals surface area (Å²) in [6, 6.07) is 0. The maximum absolute atomic E-state index is 11.7. The average molecular weight is 146 g/mol. The summed E-state index contributed by atoms with van der Waals surface area (Å²) < 4.78 is 23.4. The maximum atomic E-state index is 11.7. The first-order chi connectivity index (χ1) is 4.63. The van der Waals surface area contributed by atoms with Crippen LogP contribution < -0.4 is 5.73 Å². The van der Waals surface area contributed by atoms with E-state index in [0.717, 1.165) is 12.3 Å². The van der Waals surface area contributed by atoms with Crippen LogP contribution in [0.4, 0.5) is 8.78 Å². The smallest absolute Gasteiger partial charge is 0.278 e. The Morgan fingerprint density at radius 2 is 2.10 bits per heavy atom. The van der Waals surface area contributed by atoms with Gasteiger partial charge in [0.2, 0.25) is 0 Å². The van der Waals surface area contributed by atoms with Gasteiger partial charge in [0.15, 0.2) is 0 Å². The van der Waals surface area contributed by atoms with Crippen molar-refractivity contribution < 1.29 is 8.78 Å². The molecule has 0 amide bonds. The Bertz CT molecular complexity index is 163. The van der Waals surface area contributed by atoms with Crippen LogP contribution in [-0.2, 0) is 0 Å². The minimum Gasteiger partial charge on any atom is -0.397 e. The van der Waals surface area contributed by atoms with E-state index < -0.39 is 12.1 Å². The van der Waals surface area contributed by atoms with Crippen LogP contribution in [0.15, 0.2) is 23.9 Å². The van der Waals surface area contributed by atoms with Gasteiger partial charge in [0, 0.05) is 11.8 Å². The molecule has 0 saturated carbocycles. The molecule has 0 rings (SSSR count). The predicted octanol–water partition coefficient (Wildman–Crippen LogP) is 1.30. The lowest BCUT2D eigenvalue weighted by Gasteiger charge is -2.00. The summed E-state index contributed by atoms with van der Waals surface area (Å²) in [5.74, 6) is 0. The molecule has 0 aliphatic heterocycles. The van der Waals surface area contributed by atoms with Crippen molar-refractivity contribution in [2.45, 2.75) is 6.43 Å². The van der Waals surface area contributed by atoms with Gasteiger partial charge in [-0.05, 0) is 0 Å². The molecule has 0 heterocycles. The van der Waals surface area contributed by atoms with Gasteiger partial charge in [-0.25, -0.2) is 8.78 Å².